The molecule has 0 fully saturated rings. The van der Waals surface area contributed by atoms with Crippen molar-refractivity contribution in [2.45, 2.75) is 25.7 Å². The predicted molar refractivity (Wildman–Crippen MR) is 39.7 cm³/mol. The molecule has 0 aromatic carbocycles. The summed E-state index contributed by atoms with van der Waals surface area (Å²) in [5, 5.41) is 0. The maximum absolute atomic E-state index is 9.80. The van der Waals surface area contributed by atoms with Crippen molar-refractivity contribution in [3.63, 3.8) is 0 Å². The van der Waals surface area contributed by atoms with Gasteiger partial charge in [0.15, 0.2) is 0 Å². The van der Waals surface area contributed by atoms with Crippen LogP contribution < -0.4 is 0 Å². The smallest absolute Gasteiger partial charge is 0.120 e. The number of unbranched alkanes of at least 4 members (excludes halogenated alkanes) is 2. The minimum Gasteiger partial charge on any atom is -0.303 e. The molecule has 56 valence electrons. The van der Waals surface area contributed by atoms with Crippen LogP contribution in [0.4, 0.5) is 0 Å². The molecule has 0 N–H and O–H groups in total. The molecule has 2 nitrogen and oxygen atoms in total. The normalized spacial score (nSPS) is 10.0. The third-order valence-corrected chi connectivity index (χ3v) is 1.07. The van der Waals surface area contributed by atoms with Gasteiger partial charge in [0.05, 0.1) is 0 Å². The first-order valence-corrected chi connectivity index (χ1v) is 3.44. The number of hydrogen-bond donors (Lipinski definition) is 0. The highest BCUT2D eigenvalue weighted by atomic mass is 16.1. The van der Waals surface area contributed by atoms with Crippen LogP contribution in [-0.4, -0.2) is 12.6 Å². The van der Waals surface area contributed by atoms with E-state index in [9.17, 15) is 9.59 Å². The van der Waals surface area contributed by atoms with Crippen molar-refractivity contribution < 1.29 is 9.59 Å². The third-order valence-electron chi connectivity index (χ3n) is 1.07. The third kappa shape index (κ3) is 7.08. The summed E-state index contributed by atoms with van der Waals surface area (Å²) >= 11 is 0. The summed E-state index contributed by atoms with van der Waals surface area (Å²) in [4.78, 5) is 19.6. The van der Waals surface area contributed by atoms with Crippen LogP contribution in [0.1, 0.15) is 25.7 Å². The molecule has 0 amide bonds. The van der Waals surface area contributed by atoms with E-state index in [0.717, 1.165) is 25.4 Å². The van der Waals surface area contributed by atoms with Crippen molar-refractivity contribution in [2.75, 3.05) is 0 Å². The molecule has 0 aromatic rings. The summed E-state index contributed by atoms with van der Waals surface area (Å²) in [6.45, 7) is 0. The topological polar surface area (TPSA) is 34.1 Å². The van der Waals surface area contributed by atoms with E-state index in [2.05, 4.69) is 0 Å². The van der Waals surface area contributed by atoms with Crippen LogP contribution in [0.2, 0.25) is 0 Å². The van der Waals surface area contributed by atoms with Gasteiger partial charge in [0.1, 0.15) is 12.6 Å². The molecule has 0 saturated carbocycles. The first-order chi connectivity index (χ1) is 4.91. The fraction of sp³-hybridized carbons (Fsp3) is 0.500. The Bertz CT molecular complexity index is 102. The second-order valence-corrected chi connectivity index (χ2v) is 1.96. The zero-order valence-electron chi connectivity index (χ0n) is 5.95. The molecule has 0 rings (SSSR count). The van der Waals surface area contributed by atoms with Gasteiger partial charge in [-0.3, -0.25) is 0 Å². The number of hydrogen-bond acceptors (Lipinski definition) is 2. The summed E-state index contributed by atoms with van der Waals surface area (Å²) in [6.07, 6.45) is 8.39. The molecule has 0 heterocycles. The lowest BCUT2D eigenvalue weighted by Gasteiger charge is -1.82. The molecule has 10 heavy (non-hydrogen) atoms. The molecule has 0 atom stereocenters. The Balaban J connectivity index is 3.03. The van der Waals surface area contributed by atoms with Crippen molar-refractivity contribution >= 4 is 12.6 Å². The van der Waals surface area contributed by atoms with Crippen molar-refractivity contribution in [1.82, 2.24) is 0 Å². The number of rotatable bonds is 6. The minimum absolute atomic E-state index is 0.581. The highest BCUT2D eigenvalue weighted by Gasteiger charge is 1.78. The highest BCUT2D eigenvalue weighted by molar-refractivity contribution is 5.50. The Kier molecular flexibility index (Phi) is 7.34. The molecule has 0 aliphatic rings. The van der Waals surface area contributed by atoms with E-state index in [1.165, 1.54) is 0 Å². The van der Waals surface area contributed by atoms with Crippen LogP contribution in [0, 0.1) is 0 Å². The molecule has 0 bridgehead atoms. The Morgan fingerprint density at radius 2 is 1.10 bits per heavy atom. The van der Waals surface area contributed by atoms with E-state index < -0.39 is 0 Å². The van der Waals surface area contributed by atoms with Gasteiger partial charge >= 0.3 is 0 Å². The van der Waals surface area contributed by atoms with Gasteiger partial charge in [-0.25, -0.2) is 0 Å². The molecular formula is C8H12O2. The van der Waals surface area contributed by atoms with E-state index in [0.29, 0.717) is 12.8 Å². The maximum Gasteiger partial charge on any atom is 0.120 e. The highest BCUT2D eigenvalue weighted by Crippen LogP contribution is 1.91. The van der Waals surface area contributed by atoms with Crippen LogP contribution >= 0.6 is 0 Å². The minimum atomic E-state index is 0.581. The van der Waals surface area contributed by atoms with Gasteiger partial charge in [-0.1, -0.05) is 12.2 Å². The fourth-order valence-corrected chi connectivity index (χ4v) is 0.564. The average Bonchev–Trinajstić information content (AvgIpc) is 1.97. The van der Waals surface area contributed by atoms with E-state index in [1.54, 1.807) is 0 Å². The summed E-state index contributed by atoms with van der Waals surface area (Å²) in [6, 6.07) is 0. The summed E-state index contributed by atoms with van der Waals surface area (Å²) in [5.41, 5.74) is 0. The monoisotopic (exact) mass is 140 g/mol. The molecule has 0 saturated heterocycles. The number of allylic oxidation sites excluding steroid dienone is 2. The van der Waals surface area contributed by atoms with Gasteiger partial charge in [0.25, 0.3) is 0 Å². The molecular weight excluding hydrogens is 128 g/mol. The van der Waals surface area contributed by atoms with Crippen molar-refractivity contribution in [2.24, 2.45) is 0 Å². The zero-order chi connectivity index (χ0) is 7.66. The molecule has 0 aliphatic carbocycles. The lowest BCUT2D eigenvalue weighted by Crippen LogP contribution is -1.72. The molecule has 0 aliphatic heterocycles. The fourth-order valence-electron chi connectivity index (χ4n) is 0.564. The second-order valence-electron chi connectivity index (χ2n) is 1.96. The van der Waals surface area contributed by atoms with Gasteiger partial charge in [0.2, 0.25) is 0 Å². The van der Waals surface area contributed by atoms with Gasteiger partial charge in [0, 0.05) is 12.8 Å². The van der Waals surface area contributed by atoms with Gasteiger partial charge < -0.3 is 9.59 Å². The summed E-state index contributed by atoms with van der Waals surface area (Å²) in [7, 11) is 0. The quantitative estimate of drug-likeness (QED) is 0.318. The van der Waals surface area contributed by atoms with Crippen LogP contribution in [0.15, 0.2) is 12.2 Å². The first kappa shape index (κ1) is 9.08. The Hall–Kier alpha value is -0.920. The number of carbonyl (C=O) groups is 2. The number of aldehydes is 2. The van der Waals surface area contributed by atoms with E-state index in [4.69, 9.17) is 0 Å². The van der Waals surface area contributed by atoms with Gasteiger partial charge in [-0.15, -0.1) is 0 Å². The summed E-state index contributed by atoms with van der Waals surface area (Å²) in [5.74, 6) is 0. The maximum atomic E-state index is 9.80. The Morgan fingerprint density at radius 3 is 1.40 bits per heavy atom. The molecule has 0 unspecified atom stereocenters. The van der Waals surface area contributed by atoms with Crippen LogP contribution in [0.3, 0.4) is 0 Å². The van der Waals surface area contributed by atoms with Gasteiger partial charge in [-0.05, 0) is 12.8 Å². The summed E-state index contributed by atoms with van der Waals surface area (Å²) < 4.78 is 0. The Morgan fingerprint density at radius 1 is 0.700 bits per heavy atom. The van der Waals surface area contributed by atoms with Gasteiger partial charge in [-0.2, -0.15) is 0 Å². The lowest BCUT2D eigenvalue weighted by atomic mass is 10.2. The predicted octanol–water partition coefficient (Wildman–Crippen LogP) is 1.50. The largest absolute Gasteiger partial charge is 0.303 e. The molecule has 0 radical (unpaired) electrons. The van der Waals surface area contributed by atoms with Crippen LogP contribution in [0.5, 0.6) is 0 Å². The molecule has 2 heteroatoms. The molecule has 0 aromatic heterocycles. The van der Waals surface area contributed by atoms with E-state index in [-0.39, 0.29) is 0 Å². The number of carbonyl (C=O) groups excluding carboxylic acids is 2. The van der Waals surface area contributed by atoms with E-state index in [1.807, 2.05) is 12.2 Å². The average molecular weight is 140 g/mol. The Labute approximate surface area is 60.9 Å². The van der Waals surface area contributed by atoms with Crippen molar-refractivity contribution in [3.8, 4) is 0 Å². The van der Waals surface area contributed by atoms with Crippen LogP contribution in [0.25, 0.3) is 0 Å². The lowest BCUT2D eigenvalue weighted by molar-refractivity contribution is -0.108. The first-order valence-electron chi connectivity index (χ1n) is 3.44. The van der Waals surface area contributed by atoms with Crippen molar-refractivity contribution in [3.05, 3.63) is 12.2 Å². The zero-order valence-corrected chi connectivity index (χ0v) is 5.95. The second kappa shape index (κ2) is 8.08. The van der Waals surface area contributed by atoms with Crippen LogP contribution in [-0.2, 0) is 9.59 Å². The SMILES string of the molecule is O=CCC/C=C/CCC=O. The van der Waals surface area contributed by atoms with E-state index >= 15 is 0 Å². The standard InChI is InChI=1S/C8H12O2/c9-7-5-3-1-2-4-6-8-10/h1-2,7-8H,3-6H2/b2-1+. The molecule has 0 spiro atoms. The van der Waals surface area contributed by atoms with Crippen molar-refractivity contribution in [1.29, 1.82) is 0 Å².